The molecule has 0 atom stereocenters. The van der Waals surface area contributed by atoms with Crippen LogP contribution in [0.25, 0.3) is 21.9 Å². The van der Waals surface area contributed by atoms with E-state index in [0.717, 1.165) is 38.6 Å². The monoisotopic (exact) mass is 584 g/mol. The van der Waals surface area contributed by atoms with Crippen molar-refractivity contribution in [2.45, 2.75) is 19.6 Å². The number of carbonyl (C=O) groups excluding carboxylic acids is 2. The van der Waals surface area contributed by atoms with Gasteiger partial charge in [0.25, 0.3) is 11.8 Å². The van der Waals surface area contributed by atoms with Crippen LogP contribution in [0.2, 0.25) is 0 Å². The van der Waals surface area contributed by atoms with E-state index in [9.17, 15) is 9.59 Å². The summed E-state index contributed by atoms with van der Waals surface area (Å²) in [6.45, 7) is 1.89. The molecule has 0 spiro atoms. The maximum Gasteiger partial charge on any atom is 0.254 e. The first-order valence-electron chi connectivity index (χ1n) is 14.5. The molecule has 8 nitrogen and oxygen atoms in total. The summed E-state index contributed by atoms with van der Waals surface area (Å²) >= 11 is 0. The molecule has 0 heterocycles. The third-order valence-electron chi connectivity index (χ3n) is 7.39. The largest absolute Gasteiger partial charge is 0.370 e. The first-order chi connectivity index (χ1) is 21.4. The molecular formula is C36H36N6O2. The number of rotatable bonds is 11. The number of nitrogens with two attached hydrogens (primary N) is 3. The number of benzene rings is 5. The van der Waals surface area contributed by atoms with Gasteiger partial charge in [-0.2, -0.15) is 0 Å². The van der Waals surface area contributed by atoms with Crippen LogP contribution in [0.3, 0.4) is 0 Å². The molecule has 0 bridgehead atoms. The van der Waals surface area contributed by atoms with Crippen LogP contribution in [0.15, 0.2) is 120 Å². The third-order valence-corrected chi connectivity index (χ3v) is 7.39. The lowest BCUT2D eigenvalue weighted by molar-refractivity contribution is 0.0730. The second-order valence-corrected chi connectivity index (χ2v) is 10.5. The molecule has 7 N–H and O–H groups in total. The number of guanidine groups is 1. The van der Waals surface area contributed by atoms with Crippen molar-refractivity contribution in [1.29, 1.82) is 0 Å². The van der Waals surface area contributed by atoms with Gasteiger partial charge in [0.2, 0.25) is 0 Å². The van der Waals surface area contributed by atoms with Gasteiger partial charge in [0, 0.05) is 37.3 Å². The van der Waals surface area contributed by atoms with Crippen LogP contribution in [0.1, 0.15) is 37.4 Å². The SMILES string of the molecule is NCCNC(=O)c1ccccc1-c1cccc(CN(Cc2cccc3ccccc23)C(=O)c2ccc(CN=C(N)N)cc2)c1. The summed E-state index contributed by atoms with van der Waals surface area (Å²) in [5, 5.41) is 5.08. The van der Waals surface area contributed by atoms with Gasteiger partial charge in [0.15, 0.2) is 5.96 Å². The zero-order chi connectivity index (χ0) is 30.9. The topological polar surface area (TPSA) is 140 Å². The number of nitrogens with zero attached hydrogens (tertiary/aromatic N) is 2. The minimum absolute atomic E-state index is 0.0208. The molecule has 0 radical (unpaired) electrons. The molecule has 0 aromatic heterocycles. The molecule has 222 valence electrons. The molecule has 5 aromatic carbocycles. The van der Waals surface area contributed by atoms with E-state index in [1.54, 1.807) is 6.07 Å². The number of fused-ring (bicyclic) bond motifs is 1. The van der Waals surface area contributed by atoms with E-state index in [0.29, 0.717) is 43.9 Å². The van der Waals surface area contributed by atoms with Crippen molar-refractivity contribution in [1.82, 2.24) is 10.2 Å². The van der Waals surface area contributed by atoms with Crippen molar-refractivity contribution in [2.24, 2.45) is 22.2 Å². The highest BCUT2D eigenvalue weighted by atomic mass is 16.2. The Balaban J connectivity index is 1.48. The first-order valence-corrected chi connectivity index (χ1v) is 14.5. The quantitative estimate of drug-likeness (QED) is 0.130. The fourth-order valence-electron chi connectivity index (χ4n) is 5.22. The molecule has 5 aromatic rings. The standard InChI is InChI=1S/C36H36N6O2/c37-19-20-40-34(43)33-14-4-3-13-32(33)29-10-5-7-26(21-29)23-42(24-30-11-6-9-27-8-1-2-12-31(27)30)35(44)28-17-15-25(16-18-28)22-41-36(38)39/h1-18,21H,19-20,22-24,37H2,(H,40,43)(H4,38,39,41). The van der Waals surface area contributed by atoms with Gasteiger partial charge in [0.05, 0.1) is 6.54 Å². The van der Waals surface area contributed by atoms with E-state index in [2.05, 4.69) is 34.6 Å². The number of nitrogens with one attached hydrogen (secondary N) is 1. The number of aliphatic imine (C=N–C) groups is 1. The van der Waals surface area contributed by atoms with Crippen LogP contribution in [-0.2, 0) is 19.6 Å². The van der Waals surface area contributed by atoms with Crippen LogP contribution in [-0.4, -0.2) is 35.8 Å². The Labute approximate surface area is 257 Å². The van der Waals surface area contributed by atoms with Gasteiger partial charge < -0.3 is 27.4 Å². The lowest BCUT2D eigenvalue weighted by Crippen LogP contribution is -2.30. The average Bonchev–Trinajstić information content (AvgIpc) is 3.06. The predicted octanol–water partition coefficient (Wildman–Crippen LogP) is 4.81. The van der Waals surface area contributed by atoms with E-state index in [1.807, 2.05) is 89.8 Å². The molecule has 44 heavy (non-hydrogen) atoms. The number of hydrogen-bond acceptors (Lipinski definition) is 4. The summed E-state index contributed by atoms with van der Waals surface area (Å²) in [5.41, 5.74) is 22.3. The van der Waals surface area contributed by atoms with Gasteiger partial charge in [-0.05, 0) is 62.9 Å². The summed E-state index contributed by atoms with van der Waals surface area (Å²) in [4.78, 5) is 32.8. The van der Waals surface area contributed by atoms with Crippen molar-refractivity contribution >= 4 is 28.5 Å². The summed E-state index contributed by atoms with van der Waals surface area (Å²) in [6.07, 6.45) is 0. The average molecular weight is 585 g/mol. The van der Waals surface area contributed by atoms with Gasteiger partial charge in [-0.25, -0.2) is 4.99 Å². The van der Waals surface area contributed by atoms with Crippen molar-refractivity contribution in [3.05, 3.63) is 143 Å². The summed E-state index contributed by atoms with van der Waals surface area (Å²) in [7, 11) is 0. The lowest BCUT2D eigenvalue weighted by atomic mass is 9.97. The number of hydrogen-bond donors (Lipinski definition) is 4. The highest BCUT2D eigenvalue weighted by Crippen LogP contribution is 2.27. The second-order valence-electron chi connectivity index (χ2n) is 10.5. The Morgan fingerprint density at radius 2 is 1.48 bits per heavy atom. The maximum absolute atomic E-state index is 14.1. The summed E-state index contributed by atoms with van der Waals surface area (Å²) in [6, 6.07) is 37.2. The Hall–Kier alpha value is -5.47. The zero-order valence-corrected chi connectivity index (χ0v) is 24.4. The minimum atomic E-state index is -0.174. The van der Waals surface area contributed by atoms with Gasteiger partial charge >= 0.3 is 0 Å². The molecule has 8 heteroatoms. The number of amides is 2. The van der Waals surface area contributed by atoms with E-state index in [1.165, 1.54) is 0 Å². The van der Waals surface area contributed by atoms with Crippen molar-refractivity contribution in [3.8, 4) is 11.1 Å². The molecule has 0 saturated heterocycles. The third kappa shape index (κ3) is 7.29. The van der Waals surface area contributed by atoms with Crippen LogP contribution in [0.5, 0.6) is 0 Å². The molecule has 5 rings (SSSR count). The lowest BCUT2D eigenvalue weighted by Gasteiger charge is -2.24. The molecule has 0 aliphatic heterocycles. The Morgan fingerprint density at radius 3 is 2.27 bits per heavy atom. The van der Waals surface area contributed by atoms with Gasteiger partial charge in [-0.3, -0.25) is 9.59 Å². The van der Waals surface area contributed by atoms with Crippen molar-refractivity contribution in [2.75, 3.05) is 13.1 Å². The van der Waals surface area contributed by atoms with Gasteiger partial charge in [-0.1, -0.05) is 91.0 Å². The molecule has 0 unspecified atom stereocenters. The highest BCUT2D eigenvalue weighted by molar-refractivity contribution is 6.01. The fourth-order valence-corrected chi connectivity index (χ4v) is 5.22. The fraction of sp³-hybridized carbons (Fsp3) is 0.139. The van der Waals surface area contributed by atoms with Gasteiger partial charge in [0.1, 0.15) is 0 Å². The van der Waals surface area contributed by atoms with E-state index in [-0.39, 0.29) is 17.8 Å². The highest BCUT2D eigenvalue weighted by Gasteiger charge is 2.19. The van der Waals surface area contributed by atoms with Crippen LogP contribution in [0.4, 0.5) is 0 Å². The molecule has 0 saturated carbocycles. The van der Waals surface area contributed by atoms with Crippen LogP contribution in [0, 0.1) is 0 Å². The molecule has 0 fully saturated rings. The predicted molar refractivity (Wildman–Crippen MR) is 177 cm³/mol. The first kappa shape index (κ1) is 30.0. The van der Waals surface area contributed by atoms with Crippen molar-refractivity contribution in [3.63, 3.8) is 0 Å². The Bertz CT molecular complexity index is 1790. The Kier molecular flexibility index (Phi) is 9.64. The summed E-state index contributed by atoms with van der Waals surface area (Å²) in [5.74, 6) is -0.252. The zero-order valence-electron chi connectivity index (χ0n) is 24.4. The smallest absolute Gasteiger partial charge is 0.254 e. The second kappa shape index (κ2) is 14.1. The maximum atomic E-state index is 14.1. The van der Waals surface area contributed by atoms with Gasteiger partial charge in [-0.15, -0.1) is 0 Å². The molecular weight excluding hydrogens is 548 g/mol. The van der Waals surface area contributed by atoms with E-state index < -0.39 is 0 Å². The Morgan fingerprint density at radius 1 is 0.750 bits per heavy atom. The van der Waals surface area contributed by atoms with E-state index >= 15 is 0 Å². The minimum Gasteiger partial charge on any atom is -0.370 e. The van der Waals surface area contributed by atoms with Crippen LogP contribution < -0.4 is 22.5 Å². The molecule has 0 aliphatic carbocycles. The number of carbonyl (C=O) groups is 2. The molecule has 0 aliphatic rings. The van der Waals surface area contributed by atoms with Crippen LogP contribution >= 0.6 is 0 Å². The summed E-state index contributed by atoms with van der Waals surface area (Å²) < 4.78 is 0. The molecule has 2 amide bonds. The van der Waals surface area contributed by atoms with Crippen molar-refractivity contribution < 1.29 is 9.59 Å². The normalized spacial score (nSPS) is 10.8. The van der Waals surface area contributed by atoms with E-state index in [4.69, 9.17) is 17.2 Å².